The lowest BCUT2D eigenvalue weighted by Crippen LogP contribution is -2.25. The summed E-state index contributed by atoms with van der Waals surface area (Å²) in [6.07, 6.45) is 2.13. The number of pyridine rings is 1. The molecule has 6 nitrogen and oxygen atoms in total. The van der Waals surface area contributed by atoms with Crippen molar-refractivity contribution in [2.75, 3.05) is 26.1 Å². The molecule has 7 heteroatoms. The Balaban J connectivity index is 1.55. The quantitative estimate of drug-likeness (QED) is 0.604. The van der Waals surface area contributed by atoms with Crippen LogP contribution in [0.2, 0.25) is 0 Å². The van der Waals surface area contributed by atoms with E-state index in [4.69, 9.17) is 9.47 Å². The van der Waals surface area contributed by atoms with Crippen LogP contribution in [0.1, 0.15) is 15.9 Å². The van der Waals surface area contributed by atoms with Crippen molar-refractivity contribution in [1.29, 1.82) is 0 Å². The van der Waals surface area contributed by atoms with Crippen molar-refractivity contribution >= 4 is 17.4 Å². The lowest BCUT2D eigenvalue weighted by molar-refractivity contribution is 0.0954. The number of methoxy groups -OCH3 is 2. The van der Waals surface area contributed by atoms with Crippen molar-refractivity contribution in [1.82, 2.24) is 10.3 Å². The number of amides is 1. The van der Waals surface area contributed by atoms with Crippen molar-refractivity contribution in [3.63, 3.8) is 0 Å². The standard InChI is InChI=1S/C22H22FN3O3/c1-28-19-9-8-18(13-20(19)29-2)26-21-10-5-16(14-25-21)22(27)24-12-11-15-3-6-17(23)7-4-15/h3-10,13-14H,11-12H2,1-2H3,(H,24,27)(H,25,26). The summed E-state index contributed by atoms with van der Waals surface area (Å²) in [6.45, 7) is 0.454. The van der Waals surface area contributed by atoms with Crippen molar-refractivity contribution in [3.8, 4) is 11.5 Å². The van der Waals surface area contributed by atoms with Gasteiger partial charge in [0.25, 0.3) is 5.91 Å². The zero-order valence-electron chi connectivity index (χ0n) is 16.2. The van der Waals surface area contributed by atoms with Crippen molar-refractivity contribution in [2.45, 2.75) is 6.42 Å². The molecular formula is C22H22FN3O3. The second kappa shape index (κ2) is 9.54. The van der Waals surface area contributed by atoms with Crippen LogP contribution in [0.4, 0.5) is 15.9 Å². The summed E-state index contributed by atoms with van der Waals surface area (Å²) in [5, 5.41) is 5.99. The van der Waals surface area contributed by atoms with Crippen molar-refractivity contribution in [2.24, 2.45) is 0 Å². The van der Waals surface area contributed by atoms with Crippen LogP contribution in [0.25, 0.3) is 0 Å². The number of aromatic nitrogens is 1. The normalized spacial score (nSPS) is 10.3. The highest BCUT2D eigenvalue weighted by molar-refractivity contribution is 5.94. The number of rotatable bonds is 8. The monoisotopic (exact) mass is 395 g/mol. The number of carbonyl (C=O) groups excluding carboxylic acids is 1. The molecule has 29 heavy (non-hydrogen) atoms. The molecular weight excluding hydrogens is 373 g/mol. The Morgan fingerprint density at radius 1 is 1.00 bits per heavy atom. The minimum atomic E-state index is -0.273. The molecule has 0 aliphatic carbocycles. The molecule has 2 N–H and O–H groups in total. The zero-order chi connectivity index (χ0) is 20.6. The minimum absolute atomic E-state index is 0.211. The maximum Gasteiger partial charge on any atom is 0.252 e. The Kier molecular flexibility index (Phi) is 6.63. The van der Waals surface area contributed by atoms with Gasteiger partial charge in [-0.15, -0.1) is 0 Å². The molecule has 0 radical (unpaired) electrons. The first-order valence-electron chi connectivity index (χ1n) is 9.07. The highest BCUT2D eigenvalue weighted by Gasteiger charge is 2.08. The van der Waals surface area contributed by atoms with Crippen LogP contribution >= 0.6 is 0 Å². The van der Waals surface area contributed by atoms with E-state index < -0.39 is 0 Å². The van der Waals surface area contributed by atoms with Crippen LogP contribution in [0.5, 0.6) is 11.5 Å². The Morgan fingerprint density at radius 2 is 1.76 bits per heavy atom. The number of ether oxygens (including phenoxy) is 2. The fraction of sp³-hybridized carbons (Fsp3) is 0.182. The van der Waals surface area contributed by atoms with Crippen LogP contribution in [-0.4, -0.2) is 31.7 Å². The van der Waals surface area contributed by atoms with E-state index in [2.05, 4.69) is 15.6 Å². The van der Waals surface area contributed by atoms with E-state index >= 15 is 0 Å². The van der Waals surface area contributed by atoms with Crippen LogP contribution in [0, 0.1) is 5.82 Å². The molecule has 0 spiro atoms. The average molecular weight is 395 g/mol. The highest BCUT2D eigenvalue weighted by atomic mass is 19.1. The topological polar surface area (TPSA) is 72.5 Å². The van der Waals surface area contributed by atoms with Crippen LogP contribution in [0.15, 0.2) is 60.8 Å². The summed E-state index contributed by atoms with van der Waals surface area (Å²) in [6, 6.07) is 15.1. The molecule has 2 aromatic carbocycles. The molecule has 0 fully saturated rings. The van der Waals surface area contributed by atoms with Gasteiger partial charge < -0.3 is 20.1 Å². The number of carbonyl (C=O) groups is 1. The van der Waals surface area contributed by atoms with Gasteiger partial charge in [-0.1, -0.05) is 12.1 Å². The van der Waals surface area contributed by atoms with E-state index in [1.807, 2.05) is 6.07 Å². The van der Waals surface area contributed by atoms with Crippen LogP contribution < -0.4 is 20.1 Å². The number of anilines is 2. The Morgan fingerprint density at radius 3 is 2.41 bits per heavy atom. The lowest BCUT2D eigenvalue weighted by atomic mass is 10.1. The fourth-order valence-electron chi connectivity index (χ4n) is 2.74. The molecule has 0 saturated carbocycles. The third-order valence-corrected chi connectivity index (χ3v) is 4.29. The molecule has 0 aliphatic heterocycles. The van der Waals surface area contributed by atoms with Gasteiger partial charge in [0.15, 0.2) is 11.5 Å². The Hall–Kier alpha value is -3.61. The van der Waals surface area contributed by atoms with E-state index in [0.29, 0.717) is 35.8 Å². The van der Waals surface area contributed by atoms with Crippen LogP contribution in [-0.2, 0) is 6.42 Å². The summed E-state index contributed by atoms with van der Waals surface area (Å²) in [5.41, 5.74) is 2.20. The summed E-state index contributed by atoms with van der Waals surface area (Å²) >= 11 is 0. The summed E-state index contributed by atoms with van der Waals surface area (Å²) in [4.78, 5) is 16.5. The first-order valence-corrected chi connectivity index (χ1v) is 9.07. The first kappa shape index (κ1) is 20.1. The zero-order valence-corrected chi connectivity index (χ0v) is 16.2. The van der Waals surface area contributed by atoms with E-state index in [1.165, 1.54) is 18.3 Å². The fourth-order valence-corrected chi connectivity index (χ4v) is 2.74. The molecule has 0 aliphatic rings. The number of hydrogen-bond donors (Lipinski definition) is 2. The maximum absolute atomic E-state index is 12.9. The molecule has 3 rings (SSSR count). The number of halogens is 1. The smallest absolute Gasteiger partial charge is 0.252 e. The molecule has 0 bridgehead atoms. The van der Waals surface area contributed by atoms with Gasteiger partial charge >= 0.3 is 0 Å². The second-order valence-corrected chi connectivity index (χ2v) is 6.26. The molecule has 0 saturated heterocycles. The van der Waals surface area contributed by atoms with Crippen molar-refractivity contribution in [3.05, 3.63) is 77.7 Å². The molecule has 1 heterocycles. The molecule has 3 aromatic rings. The Labute approximate surface area is 168 Å². The molecule has 1 aromatic heterocycles. The van der Waals surface area contributed by atoms with Crippen LogP contribution in [0.3, 0.4) is 0 Å². The maximum atomic E-state index is 12.9. The second-order valence-electron chi connectivity index (χ2n) is 6.26. The third-order valence-electron chi connectivity index (χ3n) is 4.29. The summed E-state index contributed by atoms with van der Waals surface area (Å²) in [5.74, 6) is 1.36. The van der Waals surface area contributed by atoms with Gasteiger partial charge in [0, 0.05) is 24.5 Å². The average Bonchev–Trinajstić information content (AvgIpc) is 2.75. The van der Waals surface area contributed by atoms with E-state index in [-0.39, 0.29) is 11.7 Å². The Bertz CT molecular complexity index is 960. The molecule has 150 valence electrons. The van der Waals surface area contributed by atoms with Gasteiger partial charge in [-0.25, -0.2) is 9.37 Å². The highest BCUT2D eigenvalue weighted by Crippen LogP contribution is 2.30. The van der Waals surface area contributed by atoms with Crippen molar-refractivity contribution < 1.29 is 18.7 Å². The number of nitrogens with zero attached hydrogens (tertiary/aromatic N) is 1. The van der Waals surface area contributed by atoms with Gasteiger partial charge in [-0.05, 0) is 48.4 Å². The minimum Gasteiger partial charge on any atom is -0.493 e. The van der Waals surface area contributed by atoms with Gasteiger partial charge in [-0.2, -0.15) is 0 Å². The number of benzene rings is 2. The number of hydrogen-bond acceptors (Lipinski definition) is 5. The van der Waals surface area contributed by atoms with Gasteiger partial charge in [0.05, 0.1) is 19.8 Å². The number of nitrogens with one attached hydrogen (secondary N) is 2. The van der Waals surface area contributed by atoms with Gasteiger partial charge in [-0.3, -0.25) is 4.79 Å². The summed E-state index contributed by atoms with van der Waals surface area (Å²) < 4.78 is 23.4. The first-order chi connectivity index (χ1) is 14.1. The van der Waals surface area contributed by atoms with E-state index in [1.54, 1.807) is 50.6 Å². The largest absolute Gasteiger partial charge is 0.493 e. The van der Waals surface area contributed by atoms with E-state index in [9.17, 15) is 9.18 Å². The summed E-state index contributed by atoms with van der Waals surface area (Å²) in [7, 11) is 3.15. The SMILES string of the molecule is COc1ccc(Nc2ccc(C(=O)NCCc3ccc(F)cc3)cn2)cc1OC. The molecule has 1 amide bonds. The molecule has 0 atom stereocenters. The lowest BCUT2D eigenvalue weighted by Gasteiger charge is -2.11. The third kappa shape index (κ3) is 5.44. The van der Waals surface area contributed by atoms with E-state index in [0.717, 1.165) is 11.3 Å². The van der Waals surface area contributed by atoms with Gasteiger partial charge in [0.2, 0.25) is 0 Å². The van der Waals surface area contributed by atoms with Gasteiger partial charge in [0.1, 0.15) is 11.6 Å². The predicted octanol–water partition coefficient (Wildman–Crippen LogP) is 3.95. The predicted molar refractivity (Wildman–Crippen MR) is 110 cm³/mol. The molecule has 0 unspecified atom stereocenters.